The van der Waals surface area contributed by atoms with E-state index < -0.39 is 48.5 Å². The number of benzene rings is 2. The van der Waals surface area contributed by atoms with Gasteiger partial charge in [0.15, 0.2) is 4.90 Å². The lowest BCUT2D eigenvalue weighted by Crippen LogP contribution is -2.79. The summed E-state index contributed by atoms with van der Waals surface area (Å²) in [6.45, 7) is 2.88. The Morgan fingerprint density at radius 2 is 1.78 bits per heavy atom. The summed E-state index contributed by atoms with van der Waals surface area (Å²) in [5.41, 5.74) is -2.86. The van der Waals surface area contributed by atoms with E-state index in [2.05, 4.69) is 4.72 Å². The van der Waals surface area contributed by atoms with Crippen LogP contribution in [-0.4, -0.2) is 54.8 Å². The summed E-state index contributed by atoms with van der Waals surface area (Å²) in [6.07, 6.45) is 0.000285. The Bertz CT molecular complexity index is 1160. The zero-order valence-corrected chi connectivity index (χ0v) is 18.6. The topological polar surface area (TPSA) is 136 Å². The second kappa shape index (κ2) is 8.32. The lowest BCUT2D eigenvalue weighted by Gasteiger charge is -2.54. The SMILES string of the molecule is COC(=O)C(C)(C)N1C[C@](Cc2ccccc2)(NS(=O)(=O)c2ccccc2[N+](=O)[O-])C1=O. The van der Waals surface area contributed by atoms with Crippen molar-refractivity contribution in [2.45, 2.75) is 36.2 Å². The largest absolute Gasteiger partial charge is 0.467 e. The highest BCUT2D eigenvalue weighted by molar-refractivity contribution is 7.89. The van der Waals surface area contributed by atoms with E-state index in [1.807, 2.05) is 0 Å². The Balaban J connectivity index is 2.02. The Kier molecular flexibility index (Phi) is 6.07. The number of ether oxygens (including phenoxy) is 1. The van der Waals surface area contributed by atoms with E-state index >= 15 is 0 Å². The molecule has 2 aromatic carbocycles. The number of likely N-dealkylation sites (tertiary alicyclic amines) is 1. The Labute approximate surface area is 185 Å². The van der Waals surface area contributed by atoms with Crippen LogP contribution in [0, 0.1) is 10.1 Å². The molecule has 11 heteroatoms. The number of para-hydroxylation sites is 1. The highest BCUT2D eigenvalue weighted by Crippen LogP contribution is 2.36. The summed E-state index contributed by atoms with van der Waals surface area (Å²) in [4.78, 5) is 36.8. The first-order valence-electron chi connectivity index (χ1n) is 9.66. The number of hydrogen-bond acceptors (Lipinski definition) is 7. The van der Waals surface area contributed by atoms with Crippen molar-refractivity contribution in [2.75, 3.05) is 13.7 Å². The van der Waals surface area contributed by atoms with E-state index in [0.717, 1.165) is 12.1 Å². The number of nitrogens with one attached hydrogen (secondary N) is 1. The maximum absolute atomic E-state index is 13.3. The average Bonchev–Trinajstić information content (AvgIpc) is 2.76. The van der Waals surface area contributed by atoms with Gasteiger partial charge in [0.25, 0.3) is 5.69 Å². The number of carbonyl (C=O) groups excluding carboxylic acids is 2. The number of β-lactam (4-membered cyclic amide) rings is 1. The van der Waals surface area contributed by atoms with Gasteiger partial charge < -0.3 is 9.64 Å². The molecule has 1 fully saturated rings. The molecule has 0 bridgehead atoms. The number of methoxy groups -OCH3 is 1. The van der Waals surface area contributed by atoms with Crippen molar-refractivity contribution < 1.29 is 27.7 Å². The maximum Gasteiger partial charge on any atom is 0.331 e. The van der Waals surface area contributed by atoms with Crippen LogP contribution in [0.3, 0.4) is 0 Å². The number of nitro benzene ring substituents is 1. The van der Waals surface area contributed by atoms with Crippen LogP contribution in [0.1, 0.15) is 19.4 Å². The second-order valence-corrected chi connectivity index (χ2v) is 9.67. The quantitative estimate of drug-likeness (QED) is 0.273. The normalized spacial score (nSPS) is 18.7. The van der Waals surface area contributed by atoms with Gasteiger partial charge in [-0.15, -0.1) is 0 Å². The molecule has 1 aliphatic heterocycles. The van der Waals surface area contributed by atoms with Crippen LogP contribution in [-0.2, 0) is 30.8 Å². The van der Waals surface area contributed by atoms with Gasteiger partial charge in [-0.3, -0.25) is 14.9 Å². The number of esters is 1. The first-order chi connectivity index (χ1) is 14.9. The monoisotopic (exact) mass is 461 g/mol. The van der Waals surface area contributed by atoms with E-state index in [0.29, 0.717) is 5.56 Å². The molecule has 170 valence electrons. The number of carbonyl (C=O) groups is 2. The number of rotatable bonds is 8. The minimum atomic E-state index is -4.46. The molecule has 1 saturated heterocycles. The molecular weight excluding hydrogens is 438 g/mol. The molecule has 1 atom stereocenters. The number of sulfonamides is 1. The molecule has 0 aromatic heterocycles. The van der Waals surface area contributed by atoms with E-state index in [-0.39, 0.29) is 13.0 Å². The zero-order valence-electron chi connectivity index (χ0n) is 17.8. The molecular formula is C21H23N3O7S. The number of nitro groups is 1. The minimum absolute atomic E-state index is 0.000285. The van der Waals surface area contributed by atoms with Gasteiger partial charge in [-0.05, 0) is 25.5 Å². The molecule has 1 heterocycles. The Morgan fingerprint density at radius 1 is 1.19 bits per heavy atom. The number of amides is 1. The van der Waals surface area contributed by atoms with Crippen molar-refractivity contribution >= 4 is 27.6 Å². The molecule has 0 unspecified atom stereocenters. The lowest BCUT2D eigenvalue weighted by molar-refractivity contribution is -0.387. The molecule has 0 aliphatic carbocycles. The van der Waals surface area contributed by atoms with Crippen molar-refractivity contribution in [1.29, 1.82) is 0 Å². The van der Waals surface area contributed by atoms with Gasteiger partial charge in [-0.25, -0.2) is 13.2 Å². The Hall–Kier alpha value is -3.31. The van der Waals surface area contributed by atoms with Gasteiger partial charge in [-0.1, -0.05) is 42.5 Å². The van der Waals surface area contributed by atoms with Crippen molar-refractivity contribution in [3.05, 3.63) is 70.3 Å². The fraction of sp³-hybridized carbons (Fsp3) is 0.333. The summed E-state index contributed by atoms with van der Waals surface area (Å²) in [6, 6.07) is 13.7. The minimum Gasteiger partial charge on any atom is -0.467 e. The second-order valence-electron chi connectivity index (χ2n) is 8.02. The summed E-state index contributed by atoms with van der Waals surface area (Å²) in [7, 11) is -3.26. The summed E-state index contributed by atoms with van der Waals surface area (Å²) >= 11 is 0. The lowest BCUT2D eigenvalue weighted by atomic mass is 9.79. The van der Waals surface area contributed by atoms with Crippen LogP contribution in [0.25, 0.3) is 0 Å². The van der Waals surface area contributed by atoms with Crippen LogP contribution in [0.5, 0.6) is 0 Å². The third-order valence-electron chi connectivity index (χ3n) is 5.47. The average molecular weight is 461 g/mol. The van der Waals surface area contributed by atoms with E-state index in [1.165, 1.54) is 38.0 Å². The molecule has 1 amide bonds. The van der Waals surface area contributed by atoms with Gasteiger partial charge >= 0.3 is 5.97 Å². The van der Waals surface area contributed by atoms with E-state index in [9.17, 15) is 28.1 Å². The van der Waals surface area contributed by atoms with Crippen LogP contribution in [0.2, 0.25) is 0 Å². The van der Waals surface area contributed by atoms with Gasteiger partial charge in [0, 0.05) is 12.5 Å². The van der Waals surface area contributed by atoms with Gasteiger partial charge in [-0.2, -0.15) is 4.72 Å². The molecule has 10 nitrogen and oxygen atoms in total. The van der Waals surface area contributed by atoms with Crippen LogP contribution >= 0.6 is 0 Å². The standard InChI is InChI=1S/C21H23N3O7S/c1-20(2,19(26)31-3)23-14-21(18(23)25,13-15-9-5-4-6-10-15)22-32(29,30)17-12-8-7-11-16(17)24(27)28/h4-12,22H,13-14H2,1-3H3/t21-/m0/s1. The zero-order chi connectivity index (χ0) is 23.7. The van der Waals surface area contributed by atoms with Gasteiger partial charge in [0.05, 0.1) is 18.6 Å². The molecule has 1 N–H and O–H groups in total. The van der Waals surface area contributed by atoms with Crippen LogP contribution < -0.4 is 4.72 Å². The number of nitrogens with zero attached hydrogens (tertiary/aromatic N) is 2. The molecule has 3 rings (SSSR count). The highest BCUT2D eigenvalue weighted by Gasteiger charge is 2.60. The van der Waals surface area contributed by atoms with E-state index in [4.69, 9.17) is 4.74 Å². The molecule has 32 heavy (non-hydrogen) atoms. The number of hydrogen-bond donors (Lipinski definition) is 1. The van der Waals surface area contributed by atoms with Crippen molar-refractivity contribution in [1.82, 2.24) is 9.62 Å². The fourth-order valence-electron chi connectivity index (χ4n) is 3.72. The molecule has 2 aromatic rings. The van der Waals surface area contributed by atoms with Gasteiger partial charge in [0.2, 0.25) is 15.9 Å². The summed E-state index contributed by atoms with van der Waals surface area (Å²) < 4.78 is 33.5. The fourth-order valence-corrected chi connectivity index (χ4v) is 5.25. The predicted octanol–water partition coefficient (Wildman–Crippen LogP) is 1.65. The summed E-state index contributed by atoms with van der Waals surface area (Å²) in [5.74, 6) is -1.28. The molecule has 0 saturated carbocycles. The molecule has 0 spiro atoms. The van der Waals surface area contributed by atoms with Gasteiger partial charge in [0.1, 0.15) is 11.1 Å². The first kappa shape index (κ1) is 23.4. The third-order valence-corrected chi connectivity index (χ3v) is 7.06. The van der Waals surface area contributed by atoms with E-state index in [1.54, 1.807) is 30.3 Å². The first-order valence-corrected chi connectivity index (χ1v) is 11.1. The predicted molar refractivity (Wildman–Crippen MR) is 114 cm³/mol. The van der Waals surface area contributed by atoms with Crippen LogP contribution in [0.15, 0.2) is 59.5 Å². The van der Waals surface area contributed by atoms with Crippen molar-refractivity contribution in [3.8, 4) is 0 Å². The molecule has 1 aliphatic rings. The Morgan fingerprint density at radius 3 is 2.34 bits per heavy atom. The maximum atomic E-state index is 13.3. The highest BCUT2D eigenvalue weighted by atomic mass is 32.2. The smallest absolute Gasteiger partial charge is 0.331 e. The van der Waals surface area contributed by atoms with Crippen LogP contribution in [0.4, 0.5) is 5.69 Å². The van der Waals surface area contributed by atoms with Crippen molar-refractivity contribution in [3.63, 3.8) is 0 Å². The molecule has 0 radical (unpaired) electrons. The van der Waals surface area contributed by atoms with Crippen molar-refractivity contribution in [2.24, 2.45) is 0 Å². The summed E-state index contributed by atoms with van der Waals surface area (Å²) in [5, 5.41) is 11.4. The third kappa shape index (κ3) is 4.08.